The molecule has 1 N–H and O–H groups in total. The van der Waals surface area contributed by atoms with Gasteiger partial charge in [0.2, 0.25) is 0 Å². The maximum absolute atomic E-state index is 13.3. The van der Waals surface area contributed by atoms with E-state index in [4.69, 9.17) is 0 Å². The lowest BCUT2D eigenvalue weighted by atomic mass is 10.2. The number of nitrogens with zero attached hydrogens (tertiary/aromatic N) is 1. The van der Waals surface area contributed by atoms with Crippen LogP contribution in [0.2, 0.25) is 0 Å². The molecule has 0 saturated carbocycles. The summed E-state index contributed by atoms with van der Waals surface area (Å²) in [6, 6.07) is 3.65. The van der Waals surface area contributed by atoms with Gasteiger partial charge >= 0.3 is 0 Å². The molecule has 0 radical (unpaired) electrons. The van der Waals surface area contributed by atoms with Crippen LogP contribution in [0.1, 0.15) is 5.56 Å². The van der Waals surface area contributed by atoms with Crippen molar-refractivity contribution in [2.45, 2.75) is 6.42 Å². The fraction of sp³-hybridized carbons (Fsp3) is 0.154. The monoisotopic (exact) mass is 270 g/mol. The maximum Gasteiger partial charge on any atom is 0.185 e. The van der Waals surface area contributed by atoms with Crippen molar-refractivity contribution >= 4 is 5.69 Å². The first kappa shape index (κ1) is 13.3. The van der Waals surface area contributed by atoms with Gasteiger partial charge in [-0.2, -0.15) is 0 Å². The lowest BCUT2D eigenvalue weighted by Crippen LogP contribution is -2.10. The molecule has 0 aliphatic rings. The minimum Gasteiger partial charge on any atom is -0.380 e. The van der Waals surface area contributed by atoms with Crippen LogP contribution in [-0.4, -0.2) is 11.5 Å². The molecule has 0 aliphatic heterocycles. The van der Waals surface area contributed by atoms with E-state index in [-0.39, 0.29) is 12.6 Å². The molecular weight excluding hydrogens is 260 g/mol. The Morgan fingerprint density at radius 1 is 0.947 bits per heavy atom. The van der Waals surface area contributed by atoms with E-state index < -0.39 is 29.0 Å². The second kappa shape index (κ2) is 5.69. The van der Waals surface area contributed by atoms with E-state index >= 15 is 0 Å². The van der Waals surface area contributed by atoms with Crippen molar-refractivity contribution in [3.8, 4) is 0 Å². The molecule has 1 heterocycles. The Bertz CT molecular complexity index is 546. The second-order valence-electron chi connectivity index (χ2n) is 3.88. The summed E-state index contributed by atoms with van der Waals surface area (Å²) in [6.07, 6.45) is 3.61. The number of rotatable bonds is 4. The van der Waals surface area contributed by atoms with Crippen molar-refractivity contribution in [3.63, 3.8) is 0 Å². The highest BCUT2D eigenvalue weighted by Crippen LogP contribution is 2.23. The maximum atomic E-state index is 13.3. The molecule has 0 aliphatic carbocycles. The topological polar surface area (TPSA) is 24.9 Å². The number of anilines is 1. The van der Waals surface area contributed by atoms with Crippen molar-refractivity contribution in [2.24, 2.45) is 0 Å². The van der Waals surface area contributed by atoms with Gasteiger partial charge in [0.25, 0.3) is 0 Å². The Labute approximate surface area is 107 Å². The van der Waals surface area contributed by atoms with Crippen LogP contribution in [0.5, 0.6) is 0 Å². The molecule has 19 heavy (non-hydrogen) atoms. The van der Waals surface area contributed by atoms with Gasteiger partial charge in [-0.05, 0) is 24.1 Å². The third-order valence-corrected chi connectivity index (χ3v) is 2.58. The van der Waals surface area contributed by atoms with Crippen LogP contribution in [-0.2, 0) is 6.42 Å². The van der Waals surface area contributed by atoms with Crippen molar-refractivity contribution in [1.82, 2.24) is 4.98 Å². The van der Waals surface area contributed by atoms with E-state index in [2.05, 4.69) is 10.3 Å². The molecule has 2 rings (SSSR count). The normalized spacial score (nSPS) is 10.5. The second-order valence-corrected chi connectivity index (χ2v) is 3.88. The summed E-state index contributed by atoms with van der Waals surface area (Å²) in [5, 5.41) is 2.36. The molecule has 0 bridgehead atoms. The quantitative estimate of drug-likeness (QED) is 0.681. The van der Waals surface area contributed by atoms with Crippen molar-refractivity contribution < 1.29 is 17.6 Å². The lowest BCUT2D eigenvalue weighted by Gasteiger charge is -2.09. The minimum absolute atomic E-state index is 0.140. The summed E-state index contributed by atoms with van der Waals surface area (Å²) in [4.78, 5) is 3.82. The molecule has 2 nitrogen and oxygen atoms in total. The number of hydrogen-bond donors (Lipinski definition) is 1. The Kier molecular flexibility index (Phi) is 3.99. The Hall–Kier alpha value is -2.11. The fourth-order valence-electron chi connectivity index (χ4n) is 1.61. The molecule has 2 aromatic rings. The van der Waals surface area contributed by atoms with E-state index in [9.17, 15) is 17.6 Å². The third kappa shape index (κ3) is 3.01. The minimum atomic E-state index is -1.43. The Morgan fingerprint density at radius 2 is 1.53 bits per heavy atom. The van der Waals surface area contributed by atoms with E-state index in [1.807, 2.05) is 0 Å². The fourth-order valence-corrected chi connectivity index (χ4v) is 1.61. The molecule has 0 fully saturated rings. The highest BCUT2D eigenvalue weighted by Gasteiger charge is 2.18. The van der Waals surface area contributed by atoms with Crippen LogP contribution in [0, 0.1) is 23.3 Å². The average Bonchev–Trinajstić information content (AvgIpc) is 2.42. The van der Waals surface area contributed by atoms with E-state index in [1.165, 1.54) is 0 Å². The molecule has 1 aromatic heterocycles. The summed E-state index contributed by atoms with van der Waals surface area (Å²) in [5.74, 6) is -5.70. The highest BCUT2D eigenvalue weighted by atomic mass is 19.2. The van der Waals surface area contributed by atoms with Crippen LogP contribution in [0.3, 0.4) is 0 Å². The predicted octanol–water partition coefficient (Wildman–Crippen LogP) is 3.29. The largest absolute Gasteiger partial charge is 0.380 e. The van der Waals surface area contributed by atoms with Gasteiger partial charge in [-0.25, -0.2) is 17.6 Å². The number of benzene rings is 1. The first-order valence-electron chi connectivity index (χ1n) is 5.55. The van der Waals surface area contributed by atoms with Crippen molar-refractivity contribution in [1.29, 1.82) is 0 Å². The van der Waals surface area contributed by atoms with Crippen LogP contribution in [0.15, 0.2) is 30.6 Å². The van der Waals surface area contributed by atoms with Gasteiger partial charge in [-0.1, -0.05) is 0 Å². The van der Waals surface area contributed by atoms with E-state index in [1.54, 1.807) is 24.5 Å². The summed E-state index contributed by atoms with van der Waals surface area (Å²) in [7, 11) is 0. The number of pyridine rings is 1. The number of aromatic nitrogens is 1. The zero-order valence-corrected chi connectivity index (χ0v) is 9.76. The number of halogens is 4. The number of nitrogens with one attached hydrogen (secondary N) is 1. The molecule has 6 heteroatoms. The molecule has 0 saturated heterocycles. The first-order valence-corrected chi connectivity index (χ1v) is 5.55. The molecule has 1 aromatic carbocycles. The molecule has 0 amide bonds. The van der Waals surface area contributed by atoms with E-state index in [0.717, 1.165) is 5.56 Å². The predicted molar refractivity (Wildman–Crippen MR) is 62.7 cm³/mol. The van der Waals surface area contributed by atoms with Crippen LogP contribution in [0.25, 0.3) is 0 Å². The van der Waals surface area contributed by atoms with Gasteiger partial charge in [0.1, 0.15) is 5.69 Å². The van der Waals surface area contributed by atoms with Crippen molar-refractivity contribution in [3.05, 3.63) is 59.4 Å². The van der Waals surface area contributed by atoms with Gasteiger partial charge < -0.3 is 5.32 Å². The first-order chi connectivity index (χ1) is 9.09. The zero-order chi connectivity index (χ0) is 13.8. The molecule has 0 spiro atoms. The van der Waals surface area contributed by atoms with Crippen LogP contribution >= 0.6 is 0 Å². The smallest absolute Gasteiger partial charge is 0.185 e. The molecule has 100 valence electrons. The lowest BCUT2D eigenvalue weighted by molar-refractivity contribution is 0.458. The average molecular weight is 270 g/mol. The Morgan fingerprint density at radius 3 is 2.11 bits per heavy atom. The summed E-state index contributed by atoms with van der Waals surface area (Å²) in [5.41, 5.74) is 0.103. The van der Waals surface area contributed by atoms with Crippen LogP contribution < -0.4 is 5.32 Å². The SMILES string of the molecule is Fc1cc(F)c(F)c(NCCc2ccncc2)c1F. The summed E-state index contributed by atoms with van der Waals surface area (Å²) >= 11 is 0. The zero-order valence-electron chi connectivity index (χ0n) is 9.76. The molecule has 0 unspecified atom stereocenters. The van der Waals surface area contributed by atoms with Gasteiger partial charge in [-0.15, -0.1) is 0 Å². The van der Waals surface area contributed by atoms with Crippen molar-refractivity contribution in [2.75, 3.05) is 11.9 Å². The molecule has 0 atom stereocenters. The highest BCUT2D eigenvalue weighted by molar-refractivity contribution is 5.47. The van der Waals surface area contributed by atoms with Gasteiger partial charge in [0, 0.05) is 25.0 Å². The van der Waals surface area contributed by atoms with Gasteiger partial charge in [0.05, 0.1) is 0 Å². The standard InChI is InChI=1S/C13H10F4N2/c14-9-7-10(15)12(17)13(11(9)16)19-6-3-8-1-4-18-5-2-8/h1-2,4-5,7,19H,3,6H2. The Balaban J connectivity index is 2.08. The summed E-state index contributed by atoms with van der Waals surface area (Å²) < 4.78 is 52.5. The van der Waals surface area contributed by atoms with Gasteiger partial charge in [-0.3, -0.25) is 4.98 Å². The van der Waals surface area contributed by atoms with Gasteiger partial charge in [0.15, 0.2) is 23.3 Å². The third-order valence-electron chi connectivity index (χ3n) is 2.58. The number of hydrogen-bond acceptors (Lipinski definition) is 2. The molecular formula is C13H10F4N2. The van der Waals surface area contributed by atoms with E-state index in [0.29, 0.717) is 6.42 Å². The summed E-state index contributed by atoms with van der Waals surface area (Å²) in [6.45, 7) is 0.140. The van der Waals surface area contributed by atoms with Crippen LogP contribution in [0.4, 0.5) is 23.2 Å².